The molecule has 24 heavy (non-hydrogen) atoms. The van der Waals surface area contributed by atoms with E-state index < -0.39 is 0 Å². The number of fused-ring (bicyclic) bond motifs is 1. The summed E-state index contributed by atoms with van der Waals surface area (Å²) in [6.07, 6.45) is 3.48. The molecule has 7 heteroatoms. The molecule has 0 spiro atoms. The first-order valence-electron chi connectivity index (χ1n) is 7.64. The van der Waals surface area contributed by atoms with Gasteiger partial charge in [0.15, 0.2) is 0 Å². The molecule has 1 aliphatic rings. The van der Waals surface area contributed by atoms with Gasteiger partial charge in [0.1, 0.15) is 11.2 Å². The lowest BCUT2D eigenvalue weighted by Crippen LogP contribution is -2.33. The third-order valence-electron chi connectivity index (χ3n) is 3.89. The predicted octanol–water partition coefficient (Wildman–Crippen LogP) is 3.06. The number of thiophene rings is 1. The highest BCUT2D eigenvalue weighted by Crippen LogP contribution is 2.31. The number of rotatable bonds is 4. The highest BCUT2D eigenvalue weighted by molar-refractivity contribution is 7.22. The van der Waals surface area contributed by atoms with Gasteiger partial charge in [-0.3, -0.25) is 14.2 Å². The van der Waals surface area contributed by atoms with Crippen molar-refractivity contribution in [3.63, 3.8) is 0 Å². The van der Waals surface area contributed by atoms with E-state index in [1.54, 1.807) is 0 Å². The fraction of sp³-hybridized carbons (Fsp3) is 0.235. The van der Waals surface area contributed by atoms with Gasteiger partial charge < -0.3 is 5.32 Å². The molecule has 0 atom stereocenters. The van der Waals surface area contributed by atoms with Crippen LogP contribution in [0.5, 0.6) is 0 Å². The molecule has 1 amide bonds. The van der Waals surface area contributed by atoms with Crippen LogP contribution in [0.4, 0.5) is 0 Å². The number of nitrogens with one attached hydrogen (secondary N) is 1. The van der Waals surface area contributed by atoms with Crippen molar-refractivity contribution in [1.29, 1.82) is 0 Å². The second kappa shape index (κ2) is 6.03. The number of hydrogen-bond acceptors (Lipinski definition) is 4. The van der Waals surface area contributed by atoms with Crippen molar-refractivity contribution in [3.8, 4) is 10.4 Å². The van der Waals surface area contributed by atoms with E-state index in [0.717, 1.165) is 23.3 Å². The van der Waals surface area contributed by atoms with Gasteiger partial charge in [-0.15, -0.1) is 11.3 Å². The molecule has 0 saturated heterocycles. The summed E-state index contributed by atoms with van der Waals surface area (Å²) in [5.41, 5.74) is 1.45. The van der Waals surface area contributed by atoms with Crippen molar-refractivity contribution in [2.75, 3.05) is 0 Å². The quantitative estimate of drug-likeness (QED) is 0.778. The van der Waals surface area contributed by atoms with Gasteiger partial charge in [-0.1, -0.05) is 23.7 Å². The van der Waals surface area contributed by atoms with Crippen LogP contribution in [0.15, 0.2) is 41.5 Å². The highest BCUT2D eigenvalue weighted by Gasteiger charge is 2.23. The minimum absolute atomic E-state index is 0.00640. The van der Waals surface area contributed by atoms with Crippen LogP contribution in [-0.4, -0.2) is 21.5 Å². The van der Waals surface area contributed by atoms with Crippen molar-refractivity contribution in [2.45, 2.75) is 25.4 Å². The summed E-state index contributed by atoms with van der Waals surface area (Å²) in [6, 6.07) is 9.62. The highest BCUT2D eigenvalue weighted by atomic mass is 35.5. The summed E-state index contributed by atoms with van der Waals surface area (Å²) in [7, 11) is 0. The smallest absolute Gasteiger partial charge is 0.271 e. The predicted molar refractivity (Wildman–Crippen MR) is 95.5 cm³/mol. The van der Waals surface area contributed by atoms with Crippen LogP contribution >= 0.6 is 22.9 Å². The maximum atomic E-state index is 12.6. The number of carbonyl (C=O) groups is 1. The first kappa shape index (κ1) is 15.4. The summed E-state index contributed by atoms with van der Waals surface area (Å²) in [4.78, 5) is 29.8. The Balaban J connectivity index is 1.66. The van der Waals surface area contributed by atoms with Crippen LogP contribution in [0.1, 0.15) is 12.8 Å². The van der Waals surface area contributed by atoms with Gasteiger partial charge in [0.2, 0.25) is 5.91 Å². The van der Waals surface area contributed by atoms with Crippen molar-refractivity contribution < 1.29 is 4.79 Å². The fourth-order valence-electron chi connectivity index (χ4n) is 2.47. The minimum Gasteiger partial charge on any atom is -0.352 e. The van der Waals surface area contributed by atoms with Gasteiger partial charge in [-0.05, 0) is 36.6 Å². The molecule has 1 N–H and O–H groups in total. The molecular weight excluding hydrogens is 346 g/mol. The van der Waals surface area contributed by atoms with Crippen molar-refractivity contribution in [1.82, 2.24) is 14.9 Å². The Morgan fingerprint density at radius 1 is 1.33 bits per heavy atom. The van der Waals surface area contributed by atoms with E-state index in [0.29, 0.717) is 15.2 Å². The van der Waals surface area contributed by atoms with E-state index in [1.807, 2.05) is 30.3 Å². The molecule has 2 heterocycles. The van der Waals surface area contributed by atoms with Gasteiger partial charge in [0.25, 0.3) is 5.56 Å². The van der Waals surface area contributed by atoms with Crippen molar-refractivity contribution >= 4 is 39.1 Å². The molecular formula is C17H14ClN3O2S. The lowest BCUT2D eigenvalue weighted by atomic mass is 10.2. The van der Waals surface area contributed by atoms with Gasteiger partial charge in [0, 0.05) is 15.9 Å². The van der Waals surface area contributed by atoms with Crippen molar-refractivity contribution in [2.24, 2.45) is 0 Å². The molecule has 2 aromatic heterocycles. The van der Waals surface area contributed by atoms with Crippen LogP contribution in [0.3, 0.4) is 0 Å². The molecule has 0 unspecified atom stereocenters. The van der Waals surface area contributed by atoms with Crippen LogP contribution in [0.2, 0.25) is 5.02 Å². The number of benzene rings is 1. The van der Waals surface area contributed by atoms with E-state index in [-0.39, 0.29) is 24.1 Å². The largest absolute Gasteiger partial charge is 0.352 e. The number of halogens is 1. The summed E-state index contributed by atoms with van der Waals surface area (Å²) in [6.45, 7) is 0.00640. The van der Waals surface area contributed by atoms with E-state index >= 15 is 0 Å². The van der Waals surface area contributed by atoms with Crippen LogP contribution in [0, 0.1) is 0 Å². The standard InChI is InChI=1S/C17H14ClN3O2S/c18-11-3-1-10(2-4-11)14-7-13-16(24-14)17(23)21(9-19-13)8-15(22)20-12-5-6-12/h1-4,7,9,12H,5-6,8H2,(H,20,22). The summed E-state index contributed by atoms with van der Waals surface area (Å²) in [5, 5.41) is 3.55. The SMILES string of the molecule is O=C(Cn1cnc2cc(-c3ccc(Cl)cc3)sc2c1=O)NC1CC1. The Hall–Kier alpha value is -2.18. The number of carbonyl (C=O) groups excluding carboxylic acids is 1. The molecule has 122 valence electrons. The summed E-state index contributed by atoms with van der Waals surface area (Å²) < 4.78 is 1.92. The van der Waals surface area contributed by atoms with E-state index in [4.69, 9.17) is 11.6 Å². The zero-order valence-corrected chi connectivity index (χ0v) is 14.2. The first-order valence-corrected chi connectivity index (χ1v) is 8.84. The summed E-state index contributed by atoms with van der Waals surface area (Å²) >= 11 is 7.29. The molecule has 4 rings (SSSR count). The Morgan fingerprint density at radius 3 is 2.79 bits per heavy atom. The Bertz CT molecular complexity index is 974. The Kier molecular flexibility index (Phi) is 3.86. The number of aromatic nitrogens is 2. The minimum atomic E-state index is -0.184. The van der Waals surface area contributed by atoms with E-state index in [9.17, 15) is 9.59 Å². The van der Waals surface area contributed by atoms with Crippen LogP contribution in [-0.2, 0) is 11.3 Å². The topological polar surface area (TPSA) is 64.0 Å². The molecule has 1 fully saturated rings. The molecule has 0 radical (unpaired) electrons. The number of hydrogen-bond donors (Lipinski definition) is 1. The molecule has 1 saturated carbocycles. The average Bonchev–Trinajstić information content (AvgIpc) is 3.26. The monoisotopic (exact) mass is 359 g/mol. The summed E-state index contributed by atoms with van der Waals surface area (Å²) in [5.74, 6) is -0.143. The third kappa shape index (κ3) is 3.07. The molecule has 3 aromatic rings. The fourth-order valence-corrected chi connectivity index (χ4v) is 3.66. The molecule has 5 nitrogen and oxygen atoms in total. The van der Waals surface area contributed by atoms with Gasteiger partial charge >= 0.3 is 0 Å². The van der Waals surface area contributed by atoms with Gasteiger partial charge in [-0.25, -0.2) is 4.98 Å². The average molecular weight is 360 g/mol. The van der Waals surface area contributed by atoms with Gasteiger partial charge in [0.05, 0.1) is 11.8 Å². The molecule has 1 aliphatic carbocycles. The lowest BCUT2D eigenvalue weighted by molar-refractivity contribution is -0.121. The van der Waals surface area contributed by atoms with E-state index in [2.05, 4.69) is 10.3 Å². The van der Waals surface area contributed by atoms with Crippen molar-refractivity contribution in [3.05, 3.63) is 52.0 Å². The zero-order valence-electron chi connectivity index (χ0n) is 12.7. The normalized spacial score (nSPS) is 14.0. The van der Waals surface area contributed by atoms with Gasteiger partial charge in [-0.2, -0.15) is 0 Å². The molecule has 0 bridgehead atoms. The Labute approximate surface area is 146 Å². The maximum Gasteiger partial charge on any atom is 0.271 e. The van der Waals surface area contributed by atoms with E-state index in [1.165, 1.54) is 22.2 Å². The van der Waals surface area contributed by atoms with Crippen LogP contribution in [0.25, 0.3) is 20.7 Å². The Morgan fingerprint density at radius 2 is 2.08 bits per heavy atom. The second-order valence-electron chi connectivity index (χ2n) is 5.85. The van der Waals surface area contributed by atoms with Crippen LogP contribution < -0.4 is 10.9 Å². The molecule has 0 aliphatic heterocycles. The molecule has 1 aromatic carbocycles. The number of nitrogens with zero attached hydrogens (tertiary/aromatic N) is 2. The zero-order chi connectivity index (χ0) is 16.7. The number of amides is 1. The maximum absolute atomic E-state index is 12.6. The second-order valence-corrected chi connectivity index (χ2v) is 7.34. The third-order valence-corrected chi connectivity index (χ3v) is 5.30. The first-order chi connectivity index (χ1) is 11.6. The lowest BCUT2D eigenvalue weighted by Gasteiger charge is -2.05.